The van der Waals surface area contributed by atoms with E-state index in [0.717, 1.165) is 0 Å². The van der Waals surface area contributed by atoms with Crippen LogP contribution >= 0.6 is 0 Å². The Bertz CT molecular complexity index is 47.4. The molecule has 0 amide bonds. The lowest BCUT2D eigenvalue weighted by Gasteiger charge is -1.96. The van der Waals surface area contributed by atoms with E-state index in [-0.39, 0.29) is 0 Å². The van der Waals surface area contributed by atoms with Crippen molar-refractivity contribution < 1.29 is 16.7 Å². The van der Waals surface area contributed by atoms with Gasteiger partial charge in [0, 0.05) is 0 Å². The van der Waals surface area contributed by atoms with Crippen LogP contribution in [-0.4, -0.2) is 34.6 Å². The maximum Gasteiger partial charge on any atom is 0.100 e. The zero-order valence-electron chi connectivity index (χ0n) is 4.20. The summed E-state index contributed by atoms with van der Waals surface area (Å²) >= 11 is 0. The highest BCUT2D eigenvalue weighted by Crippen LogP contribution is 1.71. The van der Waals surface area contributed by atoms with Gasteiger partial charge in [-0.2, -0.15) is 0 Å². The second-order valence-corrected chi connectivity index (χ2v) is 0.899. The summed E-state index contributed by atoms with van der Waals surface area (Å²) in [7, 11) is 0. The van der Waals surface area contributed by atoms with Crippen molar-refractivity contribution in [2.24, 2.45) is 0 Å². The molecule has 3 nitrogen and oxygen atoms in total. The van der Waals surface area contributed by atoms with Crippen LogP contribution in [0.5, 0.6) is 0 Å². The molecule has 0 heterocycles. The summed E-state index contributed by atoms with van der Waals surface area (Å²) in [6.45, 7) is -2.14. The highest BCUT2D eigenvalue weighted by atomic mass is 16.5. The number of rotatable bonds is 2. The fourth-order valence-corrected chi connectivity index (χ4v) is 0.0471. The predicted octanol–water partition coefficient (Wildman–Crippen LogP) is -1.67. The lowest BCUT2D eigenvalue weighted by Crippen LogP contribution is -2.15. The maximum absolute atomic E-state index is 8.25. The predicted molar refractivity (Wildman–Crippen MR) is 20.2 cm³/mol. The molecule has 0 bridgehead atoms. The first-order valence-electron chi connectivity index (χ1n) is 2.15. The van der Waals surface area contributed by atoms with Crippen molar-refractivity contribution in [2.45, 2.75) is 6.10 Å². The van der Waals surface area contributed by atoms with E-state index in [2.05, 4.69) is 0 Å². The molecular formula is C3H8O3. The molecule has 0 spiro atoms. The van der Waals surface area contributed by atoms with Crippen LogP contribution in [0.3, 0.4) is 0 Å². The summed E-state index contributed by atoms with van der Waals surface area (Å²) < 4.78 is 6.33. The Labute approximate surface area is 37.3 Å². The van der Waals surface area contributed by atoms with Gasteiger partial charge in [-0.1, -0.05) is 0 Å². The Hall–Kier alpha value is -0.120. The monoisotopic (exact) mass is 95.1 g/mol. The van der Waals surface area contributed by atoms with E-state index in [1.165, 1.54) is 0 Å². The van der Waals surface area contributed by atoms with Gasteiger partial charge in [0.15, 0.2) is 0 Å². The Balaban J connectivity index is 3.14. The SMILES string of the molecule is [2H][C@H](O)[13C@H](O)[13CH2]O. The minimum atomic E-state index is -1.58. The topological polar surface area (TPSA) is 60.7 Å². The van der Waals surface area contributed by atoms with Gasteiger partial charge in [0.1, 0.15) is 6.10 Å². The number of aliphatic hydroxyl groups excluding tert-OH is 3. The first-order valence-corrected chi connectivity index (χ1v) is 1.57. The molecular weight excluding hydrogens is 86.0 g/mol. The maximum atomic E-state index is 8.25. The van der Waals surface area contributed by atoms with Crippen molar-refractivity contribution in [1.29, 1.82) is 0 Å². The van der Waals surface area contributed by atoms with E-state index in [1.54, 1.807) is 0 Å². The van der Waals surface area contributed by atoms with Crippen LogP contribution in [0.2, 0.25) is 0 Å². The summed E-state index contributed by atoms with van der Waals surface area (Å²) in [6, 6.07) is 0. The molecule has 0 saturated carbocycles. The zero-order valence-corrected chi connectivity index (χ0v) is 3.20. The standard InChI is InChI=1S/C3H8O3/c4-1-3(6)2-5/h3-6H,1-2H2/i1D,2+1,3+1/t1-,3-/m0/s1. The summed E-state index contributed by atoms with van der Waals surface area (Å²) in [5.41, 5.74) is 0. The summed E-state index contributed by atoms with van der Waals surface area (Å²) in [6.07, 6.45) is -1.32. The number of aliphatic hydroxyl groups is 3. The molecule has 0 aliphatic rings. The summed E-state index contributed by atoms with van der Waals surface area (Å²) in [5, 5.41) is 24.3. The van der Waals surface area contributed by atoms with Crippen LogP contribution in [0.4, 0.5) is 0 Å². The van der Waals surface area contributed by atoms with Crippen molar-refractivity contribution >= 4 is 0 Å². The third kappa shape index (κ3) is 2.14. The fourth-order valence-electron chi connectivity index (χ4n) is 0.0471. The van der Waals surface area contributed by atoms with Gasteiger partial charge in [0.2, 0.25) is 0 Å². The highest BCUT2D eigenvalue weighted by molar-refractivity contribution is 4.43. The van der Waals surface area contributed by atoms with E-state index in [1.807, 2.05) is 0 Å². The lowest BCUT2D eigenvalue weighted by molar-refractivity contribution is 0.0450. The van der Waals surface area contributed by atoms with Crippen molar-refractivity contribution in [1.82, 2.24) is 0 Å². The molecule has 2 atom stereocenters. The molecule has 0 saturated heterocycles. The van der Waals surface area contributed by atoms with Crippen LogP contribution in [0.1, 0.15) is 1.37 Å². The zero-order chi connectivity index (χ0) is 5.86. The van der Waals surface area contributed by atoms with Crippen LogP contribution in [0.15, 0.2) is 0 Å². The van der Waals surface area contributed by atoms with Crippen molar-refractivity contribution in [2.75, 3.05) is 13.2 Å². The van der Waals surface area contributed by atoms with Crippen molar-refractivity contribution in [3.05, 3.63) is 0 Å². The molecule has 0 aromatic heterocycles. The minimum Gasteiger partial charge on any atom is -0.394 e. The molecule has 0 aliphatic heterocycles. The molecule has 0 aliphatic carbocycles. The average Bonchev–Trinajstić information content (AvgIpc) is 1.65. The average molecular weight is 95.1 g/mol. The third-order valence-corrected chi connectivity index (χ3v) is 0.359. The van der Waals surface area contributed by atoms with E-state index < -0.39 is 19.3 Å². The normalized spacial score (nSPS) is 22.2. The van der Waals surface area contributed by atoms with Crippen LogP contribution in [0.25, 0.3) is 0 Å². The number of hydrogen-bond acceptors (Lipinski definition) is 3. The smallest absolute Gasteiger partial charge is 0.100 e. The Morgan fingerprint density at radius 3 is 2.17 bits per heavy atom. The van der Waals surface area contributed by atoms with Gasteiger partial charge in [-0.3, -0.25) is 0 Å². The van der Waals surface area contributed by atoms with Crippen molar-refractivity contribution in [3.8, 4) is 0 Å². The Morgan fingerprint density at radius 1 is 1.67 bits per heavy atom. The molecule has 0 radical (unpaired) electrons. The first-order chi connectivity index (χ1) is 3.18. The van der Waals surface area contributed by atoms with Crippen molar-refractivity contribution in [3.63, 3.8) is 0 Å². The van der Waals surface area contributed by atoms with Gasteiger partial charge >= 0.3 is 0 Å². The van der Waals surface area contributed by atoms with Crippen LogP contribution < -0.4 is 0 Å². The second kappa shape index (κ2) is 3.08. The molecule has 0 unspecified atom stereocenters. The molecule has 38 valence electrons. The van der Waals surface area contributed by atoms with Gasteiger partial charge in [-0.15, -0.1) is 0 Å². The molecule has 6 heavy (non-hydrogen) atoms. The molecule has 0 aromatic carbocycles. The molecule has 0 rings (SSSR count). The van der Waals surface area contributed by atoms with Crippen LogP contribution in [-0.2, 0) is 0 Å². The quantitative estimate of drug-likeness (QED) is 0.359. The molecule has 3 heteroatoms. The Morgan fingerprint density at radius 2 is 2.17 bits per heavy atom. The molecule has 3 N–H and O–H groups in total. The Kier molecular flexibility index (Phi) is 2.08. The first kappa shape index (κ1) is 4.05. The van der Waals surface area contributed by atoms with E-state index in [4.69, 9.17) is 16.7 Å². The van der Waals surface area contributed by atoms with E-state index in [0.29, 0.717) is 0 Å². The lowest BCUT2D eigenvalue weighted by atomic mass is 11.0. The van der Waals surface area contributed by atoms with Gasteiger partial charge in [-0.25, -0.2) is 0 Å². The minimum absolute atomic E-state index is 0.565. The third-order valence-electron chi connectivity index (χ3n) is 0.359. The molecule has 0 aromatic rings. The van der Waals surface area contributed by atoms with Gasteiger partial charge in [0.05, 0.1) is 14.6 Å². The fraction of sp³-hybridized carbons (Fsp3) is 1.00. The number of hydrogen-bond donors (Lipinski definition) is 3. The second-order valence-electron chi connectivity index (χ2n) is 0.899. The van der Waals surface area contributed by atoms with Gasteiger partial charge < -0.3 is 15.3 Å². The van der Waals surface area contributed by atoms with E-state index in [9.17, 15) is 0 Å². The van der Waals surface area contributed by atoms with Gasteiger partial charge in [-0.05, 0) is 0 Å². The van der Waals surface area contributed by atoms with E-state index >= 15 is 0 Å². The summed E-state index contributed by atoms with van der Waals surface area (Å²) in [5.74, 6) is 0. The highest BCUT2D eigenvalue weighted by Gasteiger charge is 1.93. The molecule has 0 fully saturated rings. The summed E-state index contributed by atoms with van der Waals surface area (Å²) in [4.78, 5) is 0. The van der Waals surface area contributed by atoms with Gasteiger partial charge in [0.25, 0.3) is 0 Å². The van der Waals surface area contributed by atoms with Crippen LogP contribution in [0, 0.1) is 0 Å². The largest absolute Gasteiger partial charge is 0.394 e.